The lowest BCUT2D eigenvalue weighted by Gasteiger charge is -2.29. The van der Waals surface area contributed by atoms with Crippen LogP contribution in [0.25, 0.3) is 0 Å². The van der Waals surface area contributed by atoms with Crippen LogP contribution in [0.1, 0.15) is 31.2 Å². The van der Waals surface area contributed by atoms with Crippen molar-refractivity contribution in [3.8, 4) is 5.75 Å². The van der Waals surface area contributed by atoms with Crippen LogP contribution in [0, 0.1) is 0 Å². The van der Waals surface area contributed by atoms with Gasteiger partial charge in [0, 0.05) is 51.5 Å². The van der Waals surface area contributed by atoms with Crippen LogP contribution in [-0.2, 0) is 11.3 Å². The van der Waals surface area contributed by atoms with Crippen molar-refractivity contribution in [3.63, 3.8) is 0 Å². The van der Waals surface area contributed by atoms with Crippen LogP contribution in [0.4, 0.5) is 5.95 Å². The number of rotatable bonds is 10. The summed E-state index contributed by atoms with van der Waals surface area (Å²) in [6.07, 6.45) is 6.67. The molecule has 3 heterocycles. The van der Waals surface area contributed by atoms with Crippen molar-refractivity contribution in [2.45, 2.75) is 37.8 Å². The molecule has 1 unspecified atom stereocenters. The maximum Gasteiger partial charge on any atom is 0.225 e. The topological polar surface area (TPSA) is 82.0 Å². The number of likely N-dealkylation sites (N-methyl/N-ethyl adjacent to an activating group) is 1. The first-order chi connectivity index (χ1) is 15.5. The maximum atomic E-state index is 11.6. The zero-order valence-corrected chi connectivity index (χ0v) is 18.8. The Balaban J connectivity index is 1.19. The molecule has 8 nitrogen and oxygen atoms in total. The number of carbonyl (C=O) groups is 1. The summed E-state index contributed by atoms with van der Waals surface area (Å²) in [7, 11) is 2.03. The summed E-state index contributed by atoms with van der Waals surface area (Å²) in [5.41, 5.74) is 0.403. The number of nitrogens with zero attached hydrogens (tertiary/aromatic N) is 5. The fourth-order valence-electron chi connectivity index (χ4n) is 4.56. The lowest BCUT2D eigenvalue weighted by Crippen LogP contribution is -2.43. The van der Waals surface area contributed by atoms with Gasteiger partial charge in [-0.15, -0.1) is 0 Å². The Morgan fingerprint density at radius 1 is 1.19 bits per heavy atom. The van der Waals surface area contributed by atoms with Crippen molar-refractivity contribution in [3.05, 3.63) is 48.3 Å². The molecule has 2 aliphatic heterocycles. The zero-order chi connectivity index (χ0) is 22.4. The van der Waals surface area contributed by atoms with Gasteiger partial charge in [0.15, 0.2) is 0 Å². The summed E-state index contributed by atoms with van der Waals surface area (Å²) < 4.78 is 5.83. The molecular weight excluding hydrogens is 406 g/mol. The minimum absolute atomic E-state index is 0.266. The number of aliphatic hydroxyl groups is 1. The molecule has 2 fully saturated rings. The molecule has 4 rings (SSSR count). The number of aromatic nitrogens is 2. The highest BCUT2D eigenvalue weighted by molar-refractivity contribution is 5.77. The minimum atomic E-state index is -0.770. The van der Waals surface area contributed by atoms with Crippen LogP contribution >= 0.6 is 0 Å². The molecule has 1 N–H and O–H groups in total. The number of ether oxygens (including phenoxy) is 1. The molecule has 2 aliphatic rings. The van der Waals surface area contributed by atoms with Crippen LogP contribution in [0.2, 0.25) is 0 Å². The van der Waals surface area contributed by atoms with Gasteiger partial charge in [-0.1, -0.05) is 12.1 Å². The van der Waals surface area contributed by atoms with Crippen LogP contribution in [0.5, 0.6) is 5.75 Å². The fraction of sp³-hybridized carbons (Fsp3) is 0.542. The summed E-state index contributed by atoms with van der Waals surface area (Å²) in [6, 6.07) is 9.91. The second kappa shape index (κ2) is 10.3. The number of hydrogen-bond donors (Lipinski definition) is 1. The average Bonchev–Trinajstić information content (AvgIpc) is 3.38. The van der Waals surface area contributed by atoms with E-state index in [1.807, 2.05) is 29.0 Å². The molecule has 32 heavy (non-hydrogen) atoms. The van der Waals surface area contributed by atoms with Crippen molar-refractivity contribution >= 4 is 11.9 Å². The van der Waals surface area contributed by atoms with E-state index < -0.39 is 5.60 Å². The molecule has 0 bridgehead atoms. The monoisotopic (exact) mass is 439 g/mol. The fourth-order valence-corrected chi connectivity index (χ4v) is 4.56. The van der Waals surface area contributed by atoms with E-state index in [4.69, 9.17) is 4.74 Å². The predicted octanol–water partition coefficient (Wildman–Crippen LogP) is 1.94. The Kier molecular flexibility index (Phi) is 7.22. The standard InChI is InChI=1S/C24H33N5O3/c1-27(18-24(31)10-15-29(19-24)23-25-11-3-12-26-23)17-20-6-8-21(9-7-20)32-16-4-14-28-13-2-5-22(28)30/h3,6-9,11-12,31H,2,4-5,10,13-19H2,1H3. The van der Waals surface area contributed by atoms with E-state index in [9.17, 15) is 9.90 Å². The molecule has 0 saturated carbocycles. The third-order valence-electron chi connectivity index (χ3n) is 6.12. The van der Waals surface area contributed by atoms with Crippen LogP contribution in [0.15, 0.2) is 42.7 Å². The van der Waals surface area contributed by atoms with Gasteiger partial charge in [-0.2, -0.15) is 0 Å². The van der Waals surface area contributed by atoms with Gasteiger partial charge in [0.05, 0.1) is 18.8 Å². The Morgan fingerprint density at radius 2 is 1.97 bits per heavy atom. The van der Waals surface area contributed by atoms with E-state index in [0.717, 1.165) is 44.8 Å². The summed E-state index contributed by atoms with van der Waals surface area (Å²) in [5, 5.41) is 11.0. The van der Waals surface area contributed by atoms with E-state index >= 15 is 0 Å². The number of benzene rings is 1. The van der Waals surface area contributed by atoms with Gasteiger partial charge in [0.2, 0.25) is 11.9 Å². The van der Waals surface area contributed by atoms with Gasteiger partial charge in [0.1, 0.15) is 5.75 Å². The molecular formula is C24H33N5O3. The first kappa shape index (κ1) is 22.5. The van der Waals surface area contributed by atoms with Gasteiger partial charge in [0.25, 0.3) is 0 Å². The second-order valence-electron chi connectivity index (χ2n) is 8.95. The number of carbonyl (C=O) groups excluding carboxylic acids is 1. The smallest absolute Gasteiger partial charge is 0.225 e. The number of β-amino-alcohol motifs (C(OH)–C–C–N with tert-alkyl or cyclic N) is 1. The first-order valence-electron chi connectivity index (χ1n) is 11.4. The van der Waals surface area contributed by atoms with Gasteiger partial charge in [-0.05, 0) is 50.1 Å². The van der Waals surface area contributed by atoms with Crippen LogP contribution in [-0.4, -0.2) is 82.8 Å². The van der Waals surface area contributed by atoms with Gasteiger partial charge < -0.3 is 19.6 Å². The molecule has 1 aromatic carbocycles. The van der Waals surface area contributed by atoms with Crippen LogP contribution in [0.3, 0.4) is 0 Å². The summed E-state index contributed by atoms with van der Waals surface area (Å²) >= 11 is 0. The highest BCUT2D eigenvalue weighted by Crippen LogP contribution is 2.25. The Hall–Kier alpha value is -2.71. The third kappa shape index (κ3) is 5.95. The molecule has 172 valence electrons. The number of anilines is 1. The van der Waals surface area contributed by atoms with Crippen molar-refractivity contribution in [1.82, 2.24) is 19.8 Å². The maximum absolute atomic E-state index is 11.6. The van der Waals surface area contributed by atoms with E-state index in [-0.39, 0.29) is 5.91 Å². The largest absolute Gasteiger partial charge is 0.494 e. The van der Waals surface area contributed by atoms with Crippen molar-refractivity contribution < 1.29 is 14.6 Å². The first-order valence-corrected chi connectivity index (χ1v) is 11.4. The van der Waals surface area contributed by atoms with Gasteiger partial charge >= 0.3 is 0 Å². The quantitative estimate of drug-likeness (QED) is 0.567. The van der Waals surface area contributed by atoms with E-state index in [1.54, 1.807) is 18.5 Å². The lowest BCUT2D eigenvalue weighted by atomic mass is 10.0. The van der Waals surface area contributed by atoms with Gasteiger partial charge in [-0.25, -0.2) is 9.97 Å². The molecule has 1 amide bonds. The Bertz CT molecular complexity index is 879. The number of likely N-dealkylation sites (tertiary alicyclic amines) is 1. The predicted molar refractivity (Wildman–Crippen MR) is 123 cm³/mol. The van der Waals surface area contributed by atoms with Crippen molar-refractivity contribution in [2.75, 3.05) is 51.3 Å². The average molecular weight is 440 g/mol. The lowest BCUT2D eigenvalue weighted by molar-refractivity contribution is -0.127. The highest BCUT2D eigenvalue weighted by Gasteiger charge is 2.37. The molecule has 2 saturated heterocycles. The Morgan fingerprint density at radius 3 is 2.69 bits per heavy atom. The molecule has 0 spiro atoms. The van der Waals surface area contributed by atoms with Crippen molar-refractivity contribution in [2.24, 2.45) is 0 Å². The molecule has 2 aromatic rings. The van der Waals surface area contributed by atoms with E-state index in [2.05, 4.69) is 27.0 Å². The Labute approximate surface area is 189 Å². The number of amides is 1. The van der Waals surface area contributed by atoms with Crippen LogP contribution < -0.4 is 9.64 Å². The summed E-state index contributed by atoms with van der Waals surface area (Å²) in [4.78, 5) is 26.3. The molecule has 1 aromatic heterocycles. The molecule has 0 radical (unpaired) electrons. The zero-order valence-electron chi connectivity index (χ0n) is 18.8. The third-order valence-corrected chi connectivity index (χ3v) is 6.12. The van der Waals surface area contributed by atoms with Crippen molar-refractivity contribution in [1.29, 1.82) is 0 Å². The second-order valence-corrected chi connectivity index (χ2v) is 8.95. The van der Waals surface area contributed by atoms with Gasteiger partial charge in [-0.3, -0.25) is 9.69 Å². The molecule has 0 aliphatic carbocycles. The molecule has 8 heteroatoms. The SMILES string of the molecule is CN(Cc1ccc(OCCCN2CCCC2=O)cc1)CC1(O)CCN(c2ncccn2)C1. The molecule has 1 atom stereocenters. The van der Waals surface area contributed by atoms with E-state index in [0.29, 0.717) is 38.5 Å². The highest BCUT2D eigenvalue weighted by atomic mass is 16.5. The summed E-state index contributed by atoms with van der Waals surface area (Å²) in [6.45, 7) is 4.90. The normalized spacial score (nSPS) is 21.0. The number of hydrogen-bond acceptors (Lipinski definition) is 7. The minimum Gasteiger partial charge on any atom is -0.494 e. The van der Waals surface area contributed by atoms with E-state index in [1.165, 1.54) is 5.56 Å². The summed E-state index contributed by atoms with van der Waals surface area (Å²) in [5.74, 6) is 1.78.